The Labute approximate surface area is 98.4 Å². The Kier molecular flexibility index (Phi) is 3.70. The third kappa shape index (κ3) is 2.61. The first-order chi connectivity index (χ1) is 7.39. The van der Waals surface area contributed by atoms with E-state index >= 15 is 0 Å². The highest BCUT2D eigenvalue weighted by molar-refractivity contribution is 6.30. The second-order valence-electron chi connectivity index (χ2n) is 3.84. The van der Waals surface area contributed by atoms with Crippen molar-refractivity contribution in [2.45, 2.75) is 13.3 Å². The van der Waals surface area contributed by atoms with Crippen molar-refractivity contribution >= 4 is 17.6 Å². The molecule has 1 N–H and O–H groups in total. The zero-order valence-corrected chi connectivity index (χ0v) is 9.59. The molecule has 0 spiro atoms. The average Bonchev–Trinajstić information content (AvgIpc) is 2.23. The Morgan fingerprint density at radius 3 is 2.81 bits per heavy atom. The molecule has 1 atom stereocenters. The van der Waals surface area contributed by atoms with Gasteiger partial charge in [0.2, 0.25) is 0 Å². The molecule has 16 heavy (non-hydrogen) atoms. The maximum atomic E-state index is 13.4. The van der Waals surface area contributed by atoms with Gasteiger partial charge in [0.1, 0.15) is 5.82 Å². The number of rotatable bonds is 4. The summed E-state index contributed by atoms with van der Waals surface area (Å²) in [4.78, 5) is 11.0. The summed E-state index contributed by atoms with van der Waals surface area (Å²) in [7, 11) is 0. The zero-order valence-electron chi connectivity index (χ0n) is 8.84. The van der Waals surface area contributed by atoms with E-state index in [2.05, 4.69) is 6.58 Å². The number of aliphatic carboxylic acids is 1. The van der Waals surface area contributed by atoms with Crippen LogP contribution < -0.4 is 0 Å². The van der Waals surface area contributed by atoms with Gasteiger partial charge in [-0.25, -0.2) is 4.39 Å². The lowest BCUT2D eigenvalue weighted by atomic mass is 9.84. The largest absolute Gasteiger partial charge is 0.481 e. The highest BCUT2D eigenvalue weighted by Crippen LogP contribution is 2.27. The summed E-state index contributed by atoms with van der Waals surface area (Å²) in [5, 5.41) is 9.41. The van der Waals surface area contributed by atoms with E-state index in [0.29, 0.717) is 5.02 Å². The van der Waals surface area contributed by atoms with Crippen LogP contribution in [0.4, 0.5) is 4.39 Å². The van der Waals surface area contributed by atoms with Crippen LogP contribution in [0.25, 0.3) is 0 Å². The lowest BCUT2D eigenvalue weighted by Crippen LogP contribution is -2.27. The van der Waals surface area contributed by atoms with Gasteiger partial charge in [0.25, 0.3) is 0 Å². The minimum Gasteiger partial charge on any atom is -0.481 e. The van der Waals surface area contributed by atoms with Crippen LogP contribution in [0.5, 0.6) is 0 Å². The van der Waals surface area contributed by atoms with Crippen LogP contribution in [0.15, 0.2) is 30.9 Å². The Morgan fingerprint density at radius 1 is 1.69 bits per heavy atom. The number of carboxylic acids is 1. The quantitative estimate of drug-likeness (QED) is 0.823. The van der Waals surface area contributed by atoms with Crippen LogP contribution in [-0.2, 0) is 11.2 Å². The van der Waals surface area contributed by atoms with E-state index in [0.717, 1.165) is 0 Å². The molecule has 1 aromatic rings. The average molecular weight is 243 g/mol. The molecule has 0 saturated heterocycles. The fourth-order valence-electron chi connectivity index (χ4n) is 1.31. The van der Waals surface area contributed by atoms with Gasteiger partial charge >= 0.3 is 5.97 Å². The van der Waals surface area contributed by atoms with Crippen LogP contribution in [-0.4, -0.2) is 11.1 Å². The number of halogens is 2. The molecule has 0 bridgehead atoms. The molecule has 0 aromatic heterocycles. The molecule has 0 amide bonds. The molecule has 1 unspecified atom stereocenters. The maximum Gasteiger partial charge on any atom is 0.313 e. The maximum absolute atomic E-state index is 13.4. The van der Waals surface area contributed by atoms with Gasteiger partial charge in [0, 0.05) is 5.02 Å². The van der Waals surface area contributed by atoms with E-state index in [1.54, 1.807) is 0 Å². The van der Waals surface area contributed by atoms with Gasteiger partial charge in [-0.2, -0.15) is 0 Å². The highest BCUT2D eigenvalue weighted by Gasteiger charge is 2.30. The summed E-state index contributed by atoms with van der Waals surface area (Å²) in [6.07, 6.45) is 1.33. The predicted octanol–water partition coefficient (Wildman–Crippen LogP) is 3.30. The number of benzene rings is 1. The Hall–Kier alpha value is -1.35. The van der Waals surface area contributed by atoms with Gasteiger partial charge < -0.3 is 5.11 Å². The lowest BCUT2D eigenvalue weighted by Gasteiger charge is -2.20. The van der Waals surface area contributed by atoms with Gasteiger partial charge in [-0.1, -0.05) is 17.7 Å². The summed E-state index contributed by atoms with van der Waals surface area (Å²) in [6, 6.07) is 4.08. The predicted molar refractivity (Wildman–Crippen MR) is 61.1 cm³/mol. The molecule has 86 valence electrons. The first kappa shape index (κ1) is 12.7. The van der Waals surface area contributed by atoms with E-state index in [1.165, 1.54) is 31.2 Å². The number of carbonyl (C=O) groups is 1. The van der Waals surface area contributed by atoms with Crippen LogP contribution in [0, 0.1) is 11.2 Å². The Bertz CT molecular complexity index is 431. The SMILES string of the molecule is C=CC(C)(Cc1cc(Cl)ccc1F)C(=O)O. The van der Waals surface area contributed by atoms with Crippen molar-refractivity contribution in [1.29, 1.82) is 0 Å². The number of hydrogen-bond donors (Lipinski definition) is 1. The molecule has 1 rings (SSSR count). The Balaban J connectivity index is 3.07. The monoisotopic (exact) mass is 242 g/mol. The molecule has 0 aliphatic carbocycles. The van der Waals surface area contributed by atoms with Gasteiger partial charge in [-0.15, -0.1) is 6.58 Å². The topological polar surface area (TPSA) is 37.3 Å². The summed E-state index contributed by atoms with van der Waals surface area (Å²) in [6.45, 7) is 4.95. The molecule has 0 heterocycles. The second-order valence-corrected chi connectivity index (χ2v) is 4.28. The Morgan fingerprint density at radius 2 is 2.31 bits per heavy atom. The van der Waals surface area contributed by atoms with E-state index in [-0.39, 0.29) is 12.0 Å². The summed E-state index contributed by atoms with van der Waals surface area (Å²) in [5.41, 5.74) is -0.914. The van der Waals surface area contributed by atoms with Crippen LogP contribution in [0.1, 0.15) is 12.5 Å². The molecular formula is C12H12ClFO2. The van der Waals surface area contributed by atoms with Gasteiger partial charge in [0.15, 0.2) is 0 Å². The third-order valence-corrected chi connectivity index (χ3v) is 2.74. The molecule has 1 aromatic carbocycles. The molecule has 2 nitrogen and oxygen atoms in total. The minimum atomic E-state index is -1.19. The van der Waals surface area contributed by atoms with Crippen molar-refractivity contribution in [3.63, 3.8) is 0 Å². The van der Waals surface area contributed by atoms with Gasteiger partial charge in [-0.05, 0) is 37.1 Å². The van der Waals surface area contributed by atoms with E-state index in [4.69, 9.17) is 16.7 Å². The fraction of sp³-hybridized carbons (Fsp3) is 0.250. The van der Waals surface area contributed by atoms with Crippen molar-refractivity contribution in [3.8, 4) is 0 Å². The molecule has 0 aliphatic rings. The first-order valence-corrected chi connectivity index (χ1v) is 5.08. The first-order valence-electron chi connectivity index (χ1n) is 4.70. The normalized spacial score (nSPS) is 14.2. The van der Waals surface area contributed by atoms with E-state index < -0.39 is 17.2 Å². The highest BCUT2D eigenvalue weighted by atomic mass is 35.5. The molecule has 0 radical (unpaired) electrons. The van der Waals surface area contributed by atoms with Crippen molar-refractivity contribution in [1.82, 2.24) is 0 Å². The van der Waals surface area contributed by atoms with Crippen molar-refractivity contribution in [2.24, 2.45) is 5.41 Å². The van der Waals surface area contributed by atoms with E-state index in [1.807, 2.05) is 0 Å². The molecule has 0 aliphatic heterocycles. The fourth-order valence-corrected chi connectivity index (χ4v) is 1.50. The second kappa shape index (κ2) is 4.66. The number of carboxylic acid groups (broad SMARTS) is 1. The smallest absolute Gasteiger partial charge is 0.313 e. The summed E-state index contributed by atoms with van der Waals surface area (Å²) < 4.78 is 13.4. The zero-order chi connectivity index (χ0) is 12.3. The van der Waals surface area contributed by atoms with Crippen molar-refractivity contribution in [2.75, 3.05) is 0 Å². The van der Waals surface area contributed by atoms with Crippen molar-refractivity contribution in [3.05, 3.63) is 47.3 Å². The number of hydrogen-bond acceptors (Lipinski definition) is 1. The minimum absolute atomic E-state index is 0.0260. The van der Waals surface area contributed by atoms with E-state index in [9.17, 15) is 9.18 Å². The third-order valence-electron chi connectivity index (χ3n) is 2.50. The van der Waals surface area contributed by atoms with Gasteiger partial charge in [0.05, 0.1) is 5.41 Å². The molecule has 4 heteroatoms. The van der Waals surface area contributed by atoms with Crippen molar-refractivity contribution < 1.29 is 14.3 Å². The lowest BCUT2D eigenvalue weighted by molar-refractivity contribution is -0.145. The van der Waals surface area contributed by atoms with Crippen LogP contribution in [0.2, 0.25) is 5.02 Å². The van der Waals surface area contributed by atoms with Crippen LogP contribution >= 0.6 is 11.6 Å². The standard InChI is InChI=1S/C12H12ClFO2/c1-3-12(2,11(15)16)7-8-6-9(13)4-5-10(8)14/h3-6H,1,7H2,2H3,(H,15,16). The summed E-state index contributed by atoms with van der Waals surface area (Å²) in [5.74, 6) is -1.50. The summed E-state index contributed by atoms with van der Waals surface area (Å²) >= 11 is 5.73. The molecule has 0 fully saturated rings. The molecular weight excluding hydrogens is 231 g/mol. The van der Waals surface area contributed by atoms with Crippen LogP contribution in [0.3, 0.4) is 0 Å². The van der Waals surface area contributed by atoms with Gasteiger partial charge in [-0.3, -0.25) is 4.79 Å². The molecule has 0 saturated carbocycles.